The molecule has 0 N–H and O–H groups in total. The van der Waals surface area contributed by atoms with Crippen molar-refractivity contribution in [1.82, 2.24) is 20.0 Å². The van der Waals surface area contributed by atoms with Crippen molar-refractivity contribution in [2.75, 3.05) is 7.11 Å². The summed E-state index contributed by atoms with van der Waals surface area (Å²) < 4.78 is 6.90. The third-order valence-electron chi connectivity index (χ3n) is 5.48. The smallest absolute Gasteiger partial charge is 0.265 e. The minimum absolute atomic E-state index is 0.0682. The summed E-state index contributed by atoms with van der Waals surface area (Å²) in [6.45, 7) is 0.0682. The van der Waals surface area contributed by atoms with E-state index in [-0.39, 0.29) is 18.5 Å². The van der Waals surface area contributed by atoms with Gasteiger partial charge in [-0.3, -0.25) is 4.79 Å². The summed E-state index contributed by atoms with van der Waals surface area (Å²) in [5.41, 5.74) is 4.49. The van der Waals surface area contributed by atoms with E-state index in [0.29, 0.717) is 6.42 Å². The number of rotatable bonds is 5. The number of amides is 1. The van der Waals surface area contributed by atoms with Crippen LogP contribution in [-0.2, 0) is 11.3 Å². The maximum atomic E-state index is 13.3. The van der Waals surface area contributed by atoms with E-state index in [9.17, 15) is 4.79 Å². The molecule has 3 aromatic carbocycles. The van der Waals surface area contributed by atoms with Gasteiger partial charge in [-0.15, -0.1) is 5.10 Å². The number of aromatic nitrogens is 3. The minimum atomic E-state index is -0.191. The van der Waals surface area contributed by atoms with Gasteiger partial charge in [-0.1, -0.05) is 59.8 Å². The number of nitrogens with zero attached hydrogens (tertiary/aromatic N) is 5. The highest BCUT2D eigenvalue weighted by molar-refractivity contribution is 6.03. The number of fused-ring (bicyclic) bond motifs is 1. The molecule has 7 heteroatoms. The summed E-state index contributed by atoms with van der Waals surface area (Å²) in [5.74, 6) is 0.639. The van der Waals surface area contributed by atoms with E-state index in [4.69, 9.17) is 9.84 Å². The third-order valence-corrected chi connectivity index (χ3v) is 5.48. The molecule has 4 aromatic rings. The number of carbonyl (C=O) groups is 1. The molecule has 1 amide bonds. The SMILES string of the molecule is COc1ccc([C@H]2CC(c3ccccc3)=NN2C(=O)Cn2nnc3ccccc32)cc1. The second kappa shape index (κ2) is 8.02. The number of carbonyl (C=O) groups excluding carboxylic acids is 1. The van der Waals surface area contributed by atoms with Crippen LogP contribution in [0, 0.1) is 0 Å². The second-order valence-corrected chi connectivity index (χ2v) is 7.38. The van der Waals surface area contributed by atoms with Crippen molar-refractivity contribution in [3.63, 3.8) is 0 Å². The summed E-state index contributed by atoms with van der Waals surface area (Å²) in [5, 5.41) is 14.6. The monoisotopic (exact) mass is 411 g/mol. The van der Waals surface area contributed by atoms with E-state index in [2.05, 4.69) is 10.3 Å². The topological polar surface area (TPSA) is 72.6 Å². The van der Waals surface area contributed by atoms with Crippen molar-refractivity contribution < 1.29 is 9.53 Å². The van der Waals surface area contributed by atoms with Gasteiger partial charge in [-0.05, 0) is 35.4 Å². The molecule has 0 spiro atoms. The molecule has 0 aliphatic carbocycles. The van der Waals surface area contributed by atoms with E-state index >= 15 is 0 Å². The van der Waals surface area contributed by atoms with Gasteiger partial charge in [0.15, 0.2) is 0 Å². The van der Waals surface area contributed by atoms with Crippen LogP contribution >= 0.6 is 0 Å². The van der Waals surface area contributed by atoms with Crippen LogP contribution in [0.25, 0.3) is 11.0 Å². The number of ether oxygens (including phenoxy) is 1. The van der Waals surface area contributed by atoms with E-state index in [1.165, 1.54) is 0 Å². The first kappa shape index (κ1) is 19.0. The maximum absolute atomic E-state index is 13.3. The fourth-order valence-electron chi connectivity index (χ4n) is 3.87. The highest BCUT2D eigenvalue weighted by Crippen LogP contribution is 2.33. The first-order chi connectivity index (χ1) is 15.2. The van der Waals surface area contributed by atoms with Gasteiger partial charge in [-0.2, -0.15) is 5.10 Å². The van der Waals surface area contributed by atoms with Crippen molar-refractivity contribution in [3.8, 4) is 5.75 Å². The van der Waals surface area contributed by atoms with E-state index in [1.807, 2.05) is 78.9 Å². The molecule has 0 bridgehead atoms. The Morgan fingerprint density at radius 3 is 2.52 bits per heavy atom. The van der Waals surface area contributed by atoms with Gasteiger partial charge in [0.05, 0.1) is 24.4 Å². The van der Waals surface area contributed by atoms with Crippen LogP contribution in [0.5, 0.6) is 5.75 Å². The molecule has 1 aromatic heterocycles. The Hall–Kier alpha value is -4.00. The minimum Gasteiger partial charge on any atom is -0.497 e. The zero-order valence-electron chi connectivity index (χ0n) is 17.0. The fraction of sp³-hybridized carbons (Fsp3) is 0.167. The molecule has 2 heterocycles. The van der Waals surface area contributed by atoms with Crippen LogP contribution in [-0.4, -0.2) is 38.7 Å². The molecular formula is C24H21N5O2. The quantitative estimate of drug-likeness (QED) is 0.501. The van der Waals surface area contributed by atoms with E-state index in [1.54, 1.807) is 16.8 Å². The molecule has 154 valence electrons. The largest absolute Gasteiger partial charge is 0.497 e. The number of hydrazone groups is 1. The Kier molecular flexibility index (Phi) is 4.92. The standard InChI is InChI=1S/C24H21N5O2/c1-31-19-13-11-18(12-14-19)23-15-21(17-7-3-2-4-8-17)26-29(23)24(30)16-28-22-10-6-5-9-20(22)25-27-28/h2-14,23H,15-16H2,1H3/t23-/m1/s1. The normalized spacial score (nSPS) is 15.8. The summed E-state index contributed by atoms with van der Waals surface area (Å²) in [6, 6.07) is 25.2. The predicted molar refractivity (Wildman–Crippen MR) is 118 cm³/mol. The average Bonchev–Trinajstić information content (AvgIpc) is 3.45. The molecule has 0 fully saturated rings. The molecule has 1 atom stereocenters. The zero-order chi connectivity index (χ0) is 21.2. The predicted octanol–water partition coefficient (Wildman–Crippen LogP) is 3.82. The van der Waals surface area contributed by atoms with Crippen LogP contribution in [0.3, 0.4) is 0 Å². The van der Waals surface area contributed by atoms with Gasteiger partial charge in [-0.25, -0.2) is 9.69 Å². The summed E-state index contributed by atoms with van der Waals surface area (Å²) in [4.78, 5) is 13.3. The molecule has 1 aliphatic heterocycles. The first-order valence-corrected chi connectivity index (χ1v) is 10.1. The highest BCUT2D eigenvalue weighted by Gasteiger charge is 2.33. The van der Waals surface area contributed by atoms with Crippen molar-refractivity contribution in [2.24, 2.45) is 5.10 Å². The van der Waals surface area contributed by atoms with Crippen molar-refractivity contribution in [1.29, 1.82) is 0 Å². The lowest BCUT2D eigenvalue weighted by atomic mass is 9.98. The van der Waals surface area contributed by atoms with Gasteiger partial charge in [0.25, 0.3) is 5.91 Å². The lowest BCUT2D eigenvalue weighted by Gasteiger charge is -2.22. The Bertz CT molecular complexity index is 1250. The average molecular weight is 411 g/mol. The van der Waals surface area contributed by atoms with Gasteiger partial charge < -0.3 is 4.74 Å². The molecule has 0 saturated carbocycles. The van der Waals surface area contributed by atoms with Crippen LogP contribution < -0.4 is 4.74 Å². The lowest BCUT2D eigenvalue weighted by Crippen LogP contribution is -2.30. The highest BCUT2D eigenvalue weighted by atomic mass is 16.5. The van der Waals surface area contributed by atoms with E-state index < -0.39 is 0 Å². The van der Waals surface area contributed by atoms with Crippen LogP contribution in [0.1, 0.15) is 23.6 Å². The number of hydrogen-bond donors (Lipinski definition) is 0. The Balaban J connectivity index is 1.47. The van der Waals surface area contributed by atoms with Gasteiger partial charge >= 0.3 is 0 Å². The molecule has 1 aliphatic rings. The van der Waals surface area contributed by atoms with E-state index in [0.717, 1.165) is 33.6 Å². The van der Waals surface area contributed by atoms with Gasteiger partial charge in [0.2, 0.25) is 0 Å². The molecule has 5 rings (SSSR count). The number of para-hydroxylation sites is 1. The van der Waals surface area contributed by atoms with Crippen LogP contribution in [0.15, 0.2) is 84.0 Å². The molecule has 0 radical (unpaired) electrons. The summed E-state index contributed by atoms with van der Waals surface area (Å²) >= 11 is 0. The number of hydrogen-bond acceptors (Lipinski definition) is 5. The molecule has 31 heavy (non-hydrogen) atoms. The third kappa shape index (κ3) is 3.66. The van der Waals surface area contributed by atoms with Crippen molar-refractivity contribution in [2.45, 2.75) is 19.0 Å². The molecular weight excluding hydrogens is 390 g/mol. The number of methoxy groups -OCH3 is 1. The first-order valence-electron chi connectivity index (χ1n) is 10.1. The zero-order valence-corrected chi connectivity index (χ0v) is 17.0. The molecule has 7 nitrogen and oxygen atoms in total. The lowest BCUT2D eigenvalue weighted by molar-refractivity contribution is -0.133. The maximum Gasteiger partial charge on any atom is 0.265 e. The molecule has 0 unspecified atom stereocenters. The summed E-state index contributed by atoms with van der Waals surface area (Å²) in [7, 11) is 1.64. The van der Waals surface area contributed by atoms with Crippen molar-refractivity contribution in [3.05, 3.63) is 90.0 Å². The number of benzene rings is 3. The van der Waals surface area contributed by atoms with Crippen LogP contribution in [0.4, 0.5) is 0 Å². The Morgan fingerprint density at radius 2 is 1.74 bits per heavy atom. The fourth-order valence-corrected chi connectivity index (χ4v) is 3.87. The van der Waals surface area contributed by atoms with Crippen molar-refractivity contribution >= 4 is 22.7 Å². The molecule has 0 saturated heterocycles. The second-order valence-electron chi connectivity index (χ2n) is 7.38. The van der Waals surface area contributed by atoms with Crippen LogP contribution in [0.2, 0.25) is 0 Å². The Labute approximate surface area is 179 Å². The van der Waals surface area contributed by atoms with Gasteiger partial charge in [0, 0.05) is 6.42 Å². The van der Waals surface area contributed by atoms with Gasteiger partial charge in [0.1, 0.15) is 17.8 Å². The Morgan fingerprint density at radius 1 is 1.00 bits per heavy atom. The summed E-state index contributed by atoms with van der Waals surface area (Å²) in [6.07, 6.45) is 0.639.